The first-order valence-electron chi connectivity index (χ1n) is 9.59. The molecule has 2 aromatic heterocycles. The van der Waals surface area contributed by atoms with E-state index in [0.717, 1.165) is 6.42 Å². The predicted molar refractivity (Wildman–Crippen MR) is 117 cm³/mol. The van der Waals surface area contributed by atoms with Crippen molar-refractivity contribution in [1.29, 1.82) is 0 Å². The Hall–Kier alpha value is -2.85. The van der Waals surface area contributed by atoms with E-state index in [1.165, 1.54) is 27.6 Å². The van der Waals surface area contributed by atoms with Gasteiger partial charge in [0, 0.05) is 43.0 Å². The summed E-state index contributed by atoms with van der Waals surface area (Å²) in [5, 5.41) is 8.57. The van der Waals surface area contributed by atoms with Crippen molar-refractivity contribution in [3.63, 3.8) is 0 Å². The number of carbonyl (C=O) groups is 1. The molecule has 0 spiro atoms. The molecule has 0 radical (unpaired) electrons. The smallest absolute Gasteiger partial charge is 0.220 e. The molecule has 2 heterocycles. The summed E-state index contributed by atoms with van der Waals surface area (Å²) in [6.45, 7) is 0.661. The maximum absolute atomic E-state index is 12.7. The number of rotatable bonds is 7. The fraction of sp³-hybridized carbons (Fsp3) is 0.208. The monoisotopic (exact) mass is 388 g/mol. The molecule has 1 N–H and O–H groups in total. The van der Waals surface area contributed by atoms with Crippen molar-refractivity contribution in [3.8, 4) is 0 Å². The van der Waals surface area contributed by atoms with Crippen molar-refractivity contribution in [2.75, 3.05) is 6.54 Å². The molecule has 0 saturated heterocycles. The van der Waals surface area contributed by atoms with Crippen molar-refractivity contribution >= 4 is 28.1 Å². The second-order valence-electron chi connectivity index (χ2n) is 7.11. The van der Waals surface area contributed by atoms with Gasteiger partial charge in [0.15, 0.2) is 0 Å². The van der Waals surface area contributed by atoms with Crippen LogP contribution in [0.2, 0.25) is 0 Å². The number of benzene rings is 2. The maximum atomic E-state index is 12.7. The Morgan fingerprint density at radius 1 is 1.07 bits per heavy atom. The zero-order valence-corrected chi connectivity index (χ0v) is 16.8. The largest absolute Gasteiger partial charge is 0.356 e. The van der Waals surface area contributed by atoms with E-state index in [4.69, 9.17) is 0 Å². The van der Waals surface area contributed by atoms with Crippen LogP contribution in [0.4, 0.5) is 0 Å². The lowest BCUT2D eigenvalue weighted by atomic mass is 9.89. The number of fused-ring (bicyclic) bond motifs is 1. The van der Waals surface area contributed by atoms with E-state index >= 15 is 0 Å². The van der Waals surface area contributed by atoms with E-state index in [1.54, 1.807) is 11.3 Å². The van der Waals surface area contributed by atoms with E-state index in [0.29, 0.717) is 13.0 Å². The molecule has 0 aliphatic carbocycles. The summed E-state index contributed by atoms with van der Waals surface area (Å²) < 4.78 is 2.15. The molecule has 3 nitrogen and oxygen atoms in total. The number of para-hydroxylation sites is 1. The number of hydrogen-bond acceptors (Lipinski definition) is 2. The zero-order chi connectivity index (χ0) is 19.3. The second-order valence-corrected chi connectivity index (χ2v) is 7.89. The van der Waals surface area contributed by atoms with E-state index in [-0.39, 0.29) is 11.8 Å². The maximum Gasteiger partial charge on any atom is 0.220 e. The molecule has 0 fully saturated rings. The van der Waals surface area contributed by atoms with E-state index < -0.39 is 0 Å². The molecule has 1 amide bonds. The molecule has 4 heteroatoms. The Labute approximate surface area is 169 Å². The van der Waals surface area contributed by atoms with E-state index in [1.807, 2.05) is 18.2 Å². The van der Waals surface area contributed by atoms with Crippen LogP contribution in [0.15, 0.2) is 77.6 Å². The molecule has 0 aliphatic heterocycles. The molecule has 1 atom stereocenters. The van der Waals surface area contributed by atoms with Gasteiger partial charge in [0.25, 0.3) is 0 Å². The first kappa shape index (κ1) is 18.5. The van der Waals surface area contributed by atoms with Gasteiger partial charge in [-0.3, -0.25) is 4.79 Å². The average Bonchev–Trinajstić information content (AvgIpc) is 3.36. The molecular formula is C24H24N2OS. The minimum Gasteiger partial charge on any atom is -0.356 e. The number of aromatic nitrogens is 1. The average molecular weight is 389 g/mol. The summed E-state index contributed by atoms with van der Waals surface area (Å²) in [5.74, 6) is 0.161. The van der Waals surface area contributed by atoms with Crippen LogP contribution >= 0.6 is 11.3 Å². The quantitative estimate of drug-likeness (QED) is 0.468. The lowest BCUT2D eigenvalue weighted by Crippen LogP contribution is -2.27. The molecule has 4 rings (SSSR count). The minimum absolute atomic E-state index is 0.0640. The Morgan fingerprint density at radius 2 is 1.86 bits per heavy atom. The van der Waals surface area contributed by atoms with Crippen molar-refractivity contribution in [2.24, 2.45) is 7.05 Å². The van der Waals surface area contributed by atoms with Crippen molar-refractivity contribution in [1.82, 2.24) is 9.88 Å². The normalized spacial score (nSPS) is 12.2. The summed E-state index contributed by atoms with van der Waals surface area (Å²) in [5.41, 5.74) is 4.86. The van der Waals surface area contributed by atoms with Crippen molar-refractivity contribution < 1.29 is 4.79 Å². The number of nitrogens with zero attached hydrogens (tertiary/aromatic N) is 1. The molecule has 2 aromatic carbocycles. The number of nitrogens with one attached hydrogen (secondary N) is 1. The van der Waals surface area contributed by atoms with Crippen LogP contribution in [0.3, 0.4) is 0 Å². The van der Waals surface area contributed by atoms with E-state index in [2.05, 4.69) is 76.4 Å². The second kappa shape index (κ2) is 8.44. The third kappa shape index (κ3) is 4.02. The van der Waals surface area contributed by atoms with Gasteiger partial charge in [-0.2, -0.15) is 11.3 Å². The zero-order valence-electron chi connectivity index (χ0n) is 16.0. The third-order valence-electron chi connectivity index (χ3n) is 5.22. The number of aryl methyl sites for hydroxylation is 1. The lowest BCUT2D eigenvalue weighted by Gasteiger charge is -2.16. The standard InChI is InChI=1S/C24H24N2OS/c1-26-16-22(20-9-5-6-10-23(20)26)21(19-12-14-28-17-19)15-24(27)25-13-11-18-7-3-2-4-8-18/h2-10,12,14,16-17,21H,11,13,15H2,1H3,(H,25,27). The van der Waals surface area contributed by atoms with Crippen LogP contribution in [-0.2, 0) is 18.3 Å². The number of carbonyl (C=O) groups excluding carboxylic acids is 1. The van der Waals surface area contributed by atoms with Crippen LogP contribution in [-0.4, -0.2) is 17.0 Å². The van der Waals surface area contributed by atoms with Gasteiger partial charge in [0.05, 0.1) is 0 Å². The van der Waals surface area contributed by atoms with Crippen molar-refractivity contribution in [2.45, 2.75) is 18.8 Å². The molecule has 0 bridgehead atoms. The molecular weight excluding hydrogens is 364 g/mol. The Morgan fingerprint density at radius 3 is 2.64 bits per heavy atom. The molecule has 142 valence electrons. The van der Waals surface area contributed by atoms with Gasteiger partial charge in [0.1, 0.15) is 0 Å². The topological polar surface area (TPSA) is 34.0 Å². The number of thiophene rings is 1. The van der Waals surface area contributed by atoms with E-state index in [9.17, 15) is 4.79 Å². The fourth-order valence-electron chi connectivity index (χ4n) is 3.78. The number of amides is 1. The third-order valence-corrected chi connectivity index (χ3v) is 5.92. The molecule has 0 aliphatic rings. The summed E-state index contributed by atoms with van der Waals surface area (Å²) in [6.07, 6.45) is 3.48. The highest BCUT2D eigenvalue weighted by Crippen LogP contribution is 2.35. The minimum atomic E-state index is 0.0640. The van der Waals surface area contributed by atoms with Gasteiger partial charge in [0.2, 0.25) is 5.91 Å². The molecule has 28 heavy (non-hydrogen) atoms. The highest BCUT2D eigenvalue weighted by molar-refractivity contribution is 7.08. The van der Waals surface area contributed by atoms with Crippen LogP contribution in [0.5, 0.6) is 0 Å². The van der Waals surface area contributed by atoms with Gasteiger partial charge in [-0.05, 0) is 46.0 Å². The van der Waals surface area contributed by atoms with Crippen LogP contribution in [0.1, 0.15) is 29.0 Å². The van der Waals surface area contributed by atoms with Gasteiger partial charge in [-0.15, -0.1) is 0 Å². The van der Waals surface area contributed by atoms with Crippen LogP contribution in [0, 0.1) is 0 Å². The molecule has 0 saturated carbocycles. The Balaban J connectivity index is 1.51. The van der Waals surface area contributed by atoms with Crippen molar-refractivity contribution in [3.05, 3.63) is 94.3 Å². The van der Waals surface area contributed by atoms with Crippen LogP contribution in [0.25, 0.3) is 10.9 Å². The summed E-state index contributed by atoms with van der Waals surface area (Å²) >= 11 is 1.68. The highest BCUT2D eigenvalue weighted by Gasteiger charge is 2.22. The Kier molecular flexibility index (Phi) is 5.58. The lowest BCUT2D eigenvalue weighted by molar-refractivity contribution is -0.121. The summed E-state index contributed by atoms with van der Waals surface area (Å²) in [7, 11) is 2.07. The molecule has 4 aromatic rings. The number of hydrogen-bond donors (Lipinski definition) is 1. The summed E-state index contributed by atoms with van der Waals surface area (Å²) in [4.78, 5) is 12.7. The highest BCUT2D eigenvalue weighted by atomic mass is 32.1. The van der Waals surface area contributed by atoms with Gasteiger partial charge in [-0.1, -0.05) is 48.5 Å². The van der Waals surface area contributed by atoms with Crippen LogP contribution < -0.4 is 5.32 Å². The SMILES string of the molecule is Cn1cc(C(CC(=O)NCCc2ccccc2)c2ccsc2)c2ccccc21. The summed E-state index contributed by atoms with van der Waals surface area (Å²) in [6, 6.07) is 20.8. The first-order chi connectivity index (χ1) is 13.7. The fourth-order valence-corrected chi connectivity index (χ4v) is 4.49. The Bertz CT molecular complexity index is 1050. The first-order valence-corrected chi connectivity index (χ1v) is 10.5. The van der Waals surface area contributed by atoms with Gasteiger partial charge >= 0.3 is 0 Å². The van der Waals surface area contributed by atoms with Gasteiger partial charge < -0.3 is 9.88 Å². The molecule has 1 unspecified atom stereocenters. The predicted octanol–water partition coefficient (Wildman–Crippen LogP) is 5.12. The van der Waals surface area contributed by atoms with Gasteiger partial charge in [-0.25, -0.2) is 0 Å².